The number of aromatic nitrogens is 4. The Bertz CT molecular complexity index is 920. The molecule has 2 aliphatic heterocycles. The van der Waals surface area contributed by atoms with Crippen molar-refractivity contribution in [2.45, 2.75) is 25.8 Å². The molecule has 25 heavy (non-hydrogen) atoms. The maximum absolute atomic E-state index is 13.0. The van der Waals surface area contributed by atoms with E-state index in [1.165, 1.54) is 25.1 Å². The van der Waals surface area contributed by atoms with E-state index >= 15 is 0 Å². The van der Waals surface area contributed by atoms with E-state index in [9.17, 15) is 4.39 Å². The van der Waals surface area contributed by atoms with E-state index in [1.807, 2.05) is 13.0 Å². The van der Waals surface area contributed by atoms with Gasteiger partial charge in [-0.05, 0) is 50.0 Å². The summed E-state index contributed by atoms with van der Waals surface area (Å²) >= 11 is 0. The summed E-state index contributed by atoms with van der Waals surface area (Å²) in [7, 11) is 0. The normalized spacial score (nSPS) is 22.0. The van der Waals surface area contributed by atoms with E-state index < -0.39 is 5.95 Å². The highest BCUT2D eigenvalue weighted by Gasteiger charge is 2.36. The Morgan fingerprint density at radius 1 is 1.20 bits per heavy atom. The molecule has 3 aliphatic rings. The number of hydrogen-bond donors (Lipinski definition) is 0. The van der Waals surface area contributed by atoms with Gasteiger partial charge in [0.2, 0.25) is 5.95 Å². The summed E-state index contributed by atoms with van der Waals surface area (Å²) in [6, 6.07) is 3.39. The smallest absolute Gasteiger partial charge is 0.212 e. The van der Waals surface area contributed by atoms with Crippen molar-refractivity contribution >= 4 is 11.4 Å². The second-order valence-corrected chi connectivity index (χ2v) is 6.74. The summed E-state index contributed by atoms with van der Waals surface area (Å²) in [6.07, 6.45) is 10.2. The molecule has 1 atom stereocenters. The lowest BCUT2D eigenvalue weighted by molar-refractivity contribution is 0.504. The van der Waals surface area contributed by atoms with Gasteiger partial charge in [0, 0.05) is 18.3 Å². The standard InChI is InChI=1S/C18H17FN6/c1-11-18(22-23-25(11)14-5-6-16(19)20-8-14)13-4-7-17-21-15(12-2-3-12)10-24(17)9-13/h4-9,12,15H,2-3,10H2,1H3. The number of pyridine rings is 1. The van der Waals surface area contributed by atoms with Crippen molar-refractivity contribution in [3.63, 3.8) is 0 Å². The summed E-state index contributed by atoms with van der Waals surface area (Å²) in [4.78, 5) is 10.7. The predicted molar refractivity (Wildman–Crippen MR) is 91.6 cm³/mol. The fraction of sp³-hybridized carbons (Fsp3) is 0.333. The number of allylic oxidation sites excluding steroid dienone is 2. The Kier molecular flexibility index (Phi) is 3.10. The van der Waals surface area contributed by atoms with Crippen molar-refractivity contribution in [3.8, 4) is 5.69 Å². The molecule has 1 aliphatic carbocycles. The molecule has 0 radical (unpaired) electrons. The Morgan fingerprint density at radius 3 is 2.84 bits per heavy atom. The lowest BCUT2D eigenvalue weighted by Crippen LogP contribution is -2.25. The summed E-state index contributed by atoms with van der Waals surface area (Å²) in [5.74, 6) is 1.29. The predicted octanol–water partition coefficient (Wildman–Crippen LogP) is 2.51. The third-order valence-corrected chi connectivity index (χ3v) is 4.97. The molecule has 0 aromatic carbocycles. The fourth-order valence-electron chi connectivity index (χ4n) is 3.42. The Balaban J connectivity index is 1.45. The van der Waals surface area contributed by atoms with Crippen molar-refractivity contribution in [2.75, 3.05) is 6.54 Å². The van der Waals surface area contributed by atoms with Crippen LogP contribution in [0.5, 0.6) is 0 Å². The summed E-state index contributed by atoms with van der Waals surface area (Å²) in [5.41, 5.74) is 3.40. The van der Waals surface area contributed by atoms with Gasteiger partial charge in [0.25, 0.3) is 0 Å². The van der Waals surface area contributed by atoms with Gasteiger partial charge >= 0.3 is 0 Å². The average Bonchev–Trinajstić information content (AvgIpc) is 3.27. The third-order valence-electron chi connectivity index (χ3n) is 4.97. The maximum Gasteiger partial charge on any atom is 0.212 e. The first-order valence-electron chi connectivity index (χ1n) is 8.48. The van der Waals surface area contributed by atoms with Crippen molar-refractivity contribution in [2.24, 2.45) is 10.9 Å². The zero-order valence-corrected chi connectivity index (χ0v) is 13.8. The zero-order valence-electron chi connectivity index (χ0n) is 13.8. The number of aliphatic imine (C=N–C) groups is 1. The van der Waals surface area contributed by atoms with Gasteiger partial charge in [-0.2, -0.15) is 4.39 Å². The quantitative estimate of drug-likeness (QED) is 0.808. The van der Waals surface area contributed by atoms with Crippen molar-refractivity contribution in [1.29, 1.82) is 0 Å². The molecule has 1 saturated carbocycles. The summed E-state index contributed by atoms with van der Waals surface area (Å²) in [6.45, 7) is 2.90. The maximum atomic E-state index is 13.0. The van der Waals surface area contributed by atoms with Crippen LogP contribution in [0.2, 0.25) is 0 Å². The van der Waals surface area contributed by atoms with Crippen LogP contribution in [-0.4, -0.2) is 43.3 Å². The largest absolute Gasteiger partial charge is 0.330 e. The topological polar surface area (TPSA) is 59.2 Å². The molecule has 2 aromatic heterocycles. The molecule has 0 amide bonds. The van der Waals surface area contributed by atoms with Crippen molar-refractivity contribution in [1.82, 2.24) is 24.9 Å². The van der Waals surface area contributed by atoms with E-state index in [1.54, 1.807) is 10.7 Å². The van der Waals surface area contributed by atoms with Crippen LogP contribution in [0.4, 0.5) is 4.39 Å². The van der Waals surface area contributed by atoms with Crippen molar-refractivity contribution in [3.05, 3.63) is 54.0 Å². The fourth-order valence-corrected chi connectivity index (χ4v) is 3.42. The molecule has 0 saturated heterocycles. The van der Waals surface area contributed by atoms with Crippen LogP contribution >= 0.6 is 0 Å². The molecule has 5 rings (SSSR count). The highest BCUT2D eigenvalue weighted by molar-refractivity contribution is 6.00. The molecule has 0 spiro atoms. The zero-order chi connectivity index (χ0) is 17.0. The molecular formula is C18H17FN6. The van der Waals surface area contributed by atoms with Gasteiger partial charge in [-0.3, -0.25) is 4.99 Å². The Hall–Kier alpha value is -2.83. The number of amidine groups is 1. The van der Waals surface area contributed by atoms with Gasteiger partial charge in [-0.25, -0.2) is 9.67 Å². The average molecular weight is 336 g/mol. The molecule has 0 bridgehead atoms. The van der Waals surface area contributed by atoms with Crippen LogP contribution in [-0.2, 0) is 0 Å². The SMILES string of the molecule is Cc1c(C2=CN3CC(C4CC4)N=C3C=C2)nnn1-c1ccc(F)nc1. The Labute approximate surface area is 144 Å². The Morgan fingerprint density at radius 2 is 2.08 bits per heavy atom. The van der Waals surface area contributed by atoms with Gasteiger partial charge < -0.3 is 4.90 Å². The number of hydrogen-bond acceptors (Lipinski definition) is 5. The lowest BCUT2D eigenvalue weighted by Gasteiger charge is -2.19. The summed E-state index contributed by atoms with van der Waals surface area (Å²) < 4.78 is 14.7. The van der Waals surface area contributed by atoms with Gasteiger partial charge in [-0.15, -0.1) is 5.10 Å². The highest BCUT2D eigenvalue weighted by Crippen LogP contribution is 2.38. The minimum atomic E-state index is -0.509. The van der Waals surface area contributed by atoms with Gasteiger partial charge in [0.05, 0.1) is 23.6 Å². The number of nitrogens with zero attached hydrogens (tertiary/aromatic N) is 6. The lowest BCUT2D eigenvalue weighted by atomic mass is 10.1. The van der Waals surface area contributed by atoms with E-state index in [2.05, 4.69) is 32.5 Å². The summed E-state index contributed by atoms with van der Waals surface area (Å²) in [5, 5.41) is 8.53. The molecule has 1 unspecified atom stereocenters. The minimum Gasteiger partial charge on any atom is -0.330 e. The van der Waals surface area contributed by atoms with Crippen LogP contribution in [0.3, 0.4) is 0 Å². The van der Waals surface area contributed by atoms with E-state index in [0.29, 0.717) is 11.7 Å². The van der Waals surface area contributed by atoms with Gasteiger partial charge in [0.1, 0.15) is 11.5 Å². The van der Waals surface area contributed by atoms with Gasteiger partial charge in [-0.1, -0.05) is 5.21 Å². The van der Waals surface area contributed by atoms with Crippen LogP contribution in [0, 0.1) is 18.8 Å². The first-order chi connectivity index (χ1) is 12.2. The number of halogens is 1. The second-order valence-electron chi connectivity index (χ2n) is 6.74. The van der Waals surface area contributed by atoms with E-state index in [-0.39, 0.29) is 0 Å². The van der Waals surface area contributed by atoms with E-state index in [0.717, 1.165) is 35.3 Å². The monoisotopic (exact) mass is 336 g/mol. The van der Waals surface area contributed by atoms with Crippen LogP contribution in [0.15, 0.2) is 41.7 Å². The highest BCUT2D eigenvalue weighted by atomic mass is 19.1. The van der Waals surface area contributed by atoms with Crippen LogP contribution in [0.25, 0.3) is 11.3 Å². The molecule has 126 valence electrons. The molecular weight excluding hydrogens is 319 g/mol. The number of fused-ring (bicyclic) bond motifs is 1. The van der Waals surface area contributed by atoms with Crippen molar-refractivity contribution < 1.29 is 4.39 Å². The molecule has 1 fully saturated rings. The molecule has 7 heteroatoms. The second kappa shape index (κ2) is 5.34. The van der Waals surface area contributed by atoms with Crippen LogP contribution in [0.1, 0.15) is 24.2 Å². The first kappa shape index (κ1) is 14.5. The van der Waals surface area contributed by atoms with E-state index in [4.69, 9.17) is 4.99 Å². The minimum absolute atomic E-state index is 0.428. The number of rotatable bonds is 3. The molecule has 2 aromatic rings. The molecule has 0 N–H and O–H groups in total. The van der Waals surface area contributed by atoms with Gasteiger partial charge in [0.15, 0.2) is 0 Å². The first-order valence-corrected chi connectivity index (χ1v) is 8.48. The van der Waals surface area contributed by atoms with Crippen LogP contribution < -0.4 is 0 Å². The third kappa shape index (κ3) is 2.47. The molecule has 6 nitrogen and oxygen atoms in total. The molecule has 4 heterocycles.